The lowest BCUT2D eigenvalue weighted by molar-refractivity contribution is -0.134. The maximum absolute atomic E-state index is 10.7. The van der Waals surface area contributed by atoms with Crippen LogP contribution in [-0.4, -0.2) is 19.6 Å². The van der Waals surface area contributed by atoms with Crippen LogP contribution in [0, 0.1) is 0 Å². The van der Waals surface area contributed by atoms with Crippen LogP contribution in [0.4, 0.5) is 0 Å². The second-order valence-corrected chi connectivity index (χ2v) is 3.38. The van der Waals surface area contributed by atoms with E-state index in [0.29, 0.717) is 0 Å². The summed E-state index contributed by atoms with van der Waals surface area (Å²) in [6.07, 6.45) is 4.08. The molecule has 1 rings (SSSR count). The normalized spacial score (nSPS) is 10.6. The average molecular weight is 219 g/mol. The SMILES string of the molecule is COC(=O)/C=C/CCNCc1ccccc1. The molecule has 1 N–H and O–H groups in total. The van der Waals surface area contributed by atoms with Gasteiger partial charge >= 0.3 is 5.97 Å². The van der Waals surface area contributed by atoms with E-state index in [-0.39, 0.29) is 5.97 Å². The molecule has 16 heavy (non-hydrogen) atoms. The van der Waals surface area contributed by atoms with Gasteiger partial charge < -0.3 is 10.1 Å². The van der Waals surface area contributed by atoms with Gasteiger partial charge in [-0.15, -0.1) is 0 Å². The van der Waals surface area contributed by atoms with Gasteiger partial charge in [-0.25, -0.2) is 4.79 Å². The van der Waals surface area contributed by atoms with Crippen molar-refractivity contribution in [1.29, 1.82) is 0 Å². The summed E-state index contributed by atoms with van der Waals surface area (Å²) in [6, 6.07) is 10.2. The highest BCUT2D eigenvalue weighted by molar-refractivity contribution is 5.81. The van der Waals surface area contributed by atoms with Gasteiger partial charge in [0.25, 0.3) is 0 Å². The van der Waals surface area contributed by atoms with Crippen LogP contribution >= 0.6 is 0 Å². The minimum Gasteiger partial charge on any atom is -0.466 e. The Balaban J connectivity index is 2.09. The Hall–Kier alpha value is -1.61. The number of methoxy groups -OCH3 is 1. The Labute approximate surface area is 96.1 Å². The summed E-state index contributed by atoms with van der Waals surface area (Å²) in [5.74, 6) is -0.303. The molecule has 86 valence electrons. The summed E-state index contributed by atoms with van der Waals surface area (Å²) in [5.41, 5.74) is 1.26. The van der Waals surface area contributed by atoms with Gasteiger partial charge in [0.05, 0.1) is 7.11 Å². The fraction of sp³-hybridized carbons (Fsp3) is 0.308. The zero-order valence-corrected chi connectivity index (χ0v) is 9.48. The van der Waals surface area contributed by atoms with Crippen molar-refractivity contribution in [3.8, 4) is 0 Å². The van der Waals surface area contributed by atoms with Crippen LogP contribution in [0.5, 0.6) is 0 Å². The van der Waals surface area contributed by atoms with Gasteiger partial charge in [0, 0.05) is 12.6 Å². The van der Waals surface area contributed by atoms with E-state index < -0.39 is 0 Å². The van der Waals surface area contributed by atoms with Crippen molar-refractivity contribution in [2.45, 2.75) is 13.0 Å². The molecule has 0 aromatic heterocycles. The second kappa shape index (κ2) is 7.65. The van der Waals surface area contributed by atoms with Crippen LogP contribution in [0.3, 0.4) is 0 Å². The summed E-state index contributed by atoms with van der Waals surface area (Å²) in [5, 5.41) is 3.29. The van der Waals surface area contributed by atoms with Crippen LogP contribution in [0.25, 0.3) is 0 Å². The van der Waals surface area contributed by atoms with Crippen molar-refractivity contribution in [3.05, 3.63) is 48.0 Å². The average Bonchev–Trinajstić information content (AvgIpc) is 2.34. The van der Waals surface area contributed by atoms with Crippen molar-refractivity contribution >= 4 is 5.97 Å². The number of hydrogen-bond acceptors (Lipinski definition) is 3. The van der Waals surface area contributed by atoms with E-state index in [0.717, 1.165) is 19.5 Å². The van der Waals surface area contributed by atoms with E-state index in [1.54, 1.807) is 0 Å². The van der Waals surface area contributed by atoms with Crippen LogP contribution in [0.2, 0.25) is 0 Å². The van der Waals surface area contributed by atoms with E-state index in [2.05, 4.69) is 22.2 Å². The molecule has 0 heterocycles. The molecule has 0 saturated heterocycles. The van der Waals surface area contributed by atoms with Crippen molar-refractivity contribution in [2.75, 3.05) is 13.7 Å². The summed E-state index contributed by atoms with van der Waals surface area (Å²) in [4.78, 5) is 10.7. The predicted octanol–water partition coefficient (Wildman–Crippen LogP) is 1.90. The zero-order chi connectivity index (χ0) is 11.6. The lowest BCUT2D eigenvalue weighted by atomic mass is 10.2. The van der Waals surface area contributed by atoms with Gasteiger partial charge in [0.15, 0.2) is 0 Å². The highest BCUT2D eigenvalue weighted by atomic mass is 16.5. The molecule has 3 heteroatoms. The number of ether oxygens (including phenoxy) is 1. The molecule has 0 amide bonds. The molecule has 1 aromatic carbocycles. The van der Waals surface area contributed by atoms with Crippen molar-refractivity contribution in [1.82, 2.24) is 5.32 Å². The molecule has 0 fully saturated rings. The quantitative estimate of drug-likeness (QED) is 0.451. The summed E-state index contributed by atoms with van der Waals surface area (Å²) >= 11 is 0. The minimum absolute atomic E-state index is 0.303. The standard InChI is InChI=1S/C13H17NO2/c1-16-13(15)9-5-6-10-14-11-12-7-3-2-4-8-12/h2-5,7-9,14H,6,10-11H2,1H3/b9-5+. The van der Waals surface area contributed by atoms with E-state index in [4.69, 9.17) is 0 Å². The van der Waals surface area contributed by atoms with Crippen LogP contribution < -0.4 is 5.32 Å². The highest BCUT2D eigenvalue weighted by Crippen LogP contribution is 1.97. The first kappa shape index (κ1) is 12.5. The van der Waals surface area contributed by atoms with E-state index >= 15 is 0 Å². The maximum Gasteiger partial charge on any atom is 0.330 e. The Morgan fingerprint density at radius 1 is 1.38 bits per heavy atom. The van der Waals surface area contributed by atoms with Crippen LogP contribution in [0.15, 0.2) is 42.5 Å². The molecule has 0 atom stereocenters. The lowest BCUT2D eigenvalue weighted by Crippen LogP contribution is -2.13. The Kier molecular flexibility index (Phi) is 5.96. The van der Waals surface area contributed by atoms with Gasteiger partial charge in [-0.1, -0.05) is 36.4 Å². The third kappa shape index (κ3) is 5.32. The second-order valence-electron chi connectivity index (χ2n) is 3.38. The van der Waals surface area contributed by atoms with Gasteiger partial charge in [-0.3, -0.25) is 0 Å². The predicted molar refractivity (Wildman–Crippen MR) is 63.9 cm³/mol. The number of carbonyl (C=O) groups is 1. The molecule has 1 aromatic rings. The Morgan fingerprint density at radius 2 is 2.12 bits per heavy atom. The van der Waals surface area contributed by atoms with Crippen LogP contribution in [0.1, 0.15) is 12.0 Å². The van der Waals surface area contributed by atoms with E-state index in [1.807, 2.05) is 24.3 Å². The Bertz CT molecular complexity index is 333. The molecule has 0 radical (unpaired) electrons. The summed E-state index contributed by atoms with van der Waals surface area (Å²) in [6.45, 7) is 1.70. The first-order valence-corrected chi connectivity index (χ1v) is 5.32. The molecule has 0 saturated carbocycles. The monoisotopic (exact) mass is 219 g/mol. The fourth-order valence-corrected chi connectivity index (χ4v) is 1.26. The Morgan fingerprint density at radius 3 is 2.81 bits per heavy atom. The molecule has 0 unspecified atom stereocenters. The minimum atomic E-state index is -0.303. The number of carbonyl (C=O) groups excluding carboxylic acids is 1. The number of benzene rings is 1. The number of hydrogen-bond donors (Lipinski definition) is 1. The molecule has 0 aliphatic heterocycles. The van der Waals surface area contributed by atoms with Gasteiger partial charge in [-0.2, -0.15) is 0 Å². The lowest BCUT2D eigenvalue weighted by Gasteiger charge is -2.02. The smallest absolute Gasteiger partial charge is 0.330 e. The third-order valence-corrected chi connectivity index (χ3v) is 2.11. The van der Waals surface area contributed by atoms with Crippen molar-refractivity contribution in [2.24, 2.45) is 0 Å². The number of nitrogens with one attached hydrogen (secondary N) is 1. The molecule has 0 bridgehead atoms. The fourth-order valence-electron chi connectivity index (χ4n) is 1.26. The molecular formula is C13H17NO2. The van der Waals surface area contributed by atoms with Gasteiger partial charge in [0.1, 0.15) is 0 Å². The summed E-state index contributed by atoms with van der Waals surface area (Å²) < 4.78 is 4.48. The van der Waals surface area contributed by atoms with Crippen molar-refractivity contribution < 1.29 is 9.53 Å². The maximum atomic E-state index is 10.7. The first-order valence-electron chi connectivity index (χ1n) is 5.32. The van der Waals surface area contributed by atoms with Gasteiger partial charge in [0.2, 0.25) is 0 Å². The van der Waals surface area contributed by atoms with Gasteiger partial charge in [-0.05, 0) is 18.5 Å². The van der Waals surface area contributed by atoms with E-state index in [1.165, 1.54) is 18.7 Å². The highest BCUT2D eigenvalue weighted by Gasteiger charge is 1.91. The molecule has 0 aliphatic carbocycles. The topological polar surface area (TPSA) is 38.3 Å². The third-order valence-electron chi connectivity index (χ3n) is 2.11. The first-order chi connectivity index (χ1) is 7.83. The number of rotatable bonds is 6. The van der Waals surface area contributed by atoms with Crippen molar-refractivity contribution in [3.63, 3.8) is 0 Å². The largest absolute Gasteiger partial charge is 0.466 e. The van der Waals surface area contributed by atoms with E-state index in [9.17, 15) is 4.79 Å². The summed E-state index contributed by atoms with van der Waals surface area (Å²) in [7, 11) is 1.38. The molecule has 3 nitrogen and oxygen atoms in total. The van der Waals surface area contributed by atoms with Crippen LogP contribution in [-0.2, 0) is 16.1 Å². The molecular weight excluding hydrogens is 202 g/mol. The molecule has 0 aliphatic rings. The zero-order valence-electron chi connectivity index (χ0n) is 9.48. The number of esters is 1. The molecule has 0 spiro atoms.